The first kappa shape index (κ1) is 10.7. The van der Waals surface area contributed by atoms with Crippen molar-refractivity contribution in [3.63, 3.8) is 0 Å². The maximum atomic E-state index is 4.10. The summed E-state index contributed by atoms with van der Waals surface area (Å²) in [4.78, 5) is 4.10. The molecule has 0 radical (unpaired) electrons. The highest BCUT2D eigenvalue weighted by atomic mass is 127. The second-order valence-corrected chi connectivity index (χ2v) is 2.48. The van der Waals surface area contributed by atoms with Crippen LogP contribution in [0.5, 0.6) is 0 Å². The van der Waals surface area contributed by atoms with Crippen molar-refractivity contribution in [1.82, 2.24) is 3.53 Å². The van der Waals surface area contributed by atoms with Gasteiger partial charge in [0, 0.05) is 12.4 Å². The third-order valence-electron chi connectivity index (χ3n) is 0.955. The highest BCUT2D eigenvalue weighted by Crippen LogP contribution is 1.78. The molecule has 0 amide bonds. The van der Waals surface area contributed by atoms with Gasteiger partial charge in [-0.3, -0.25) is 4.99 Å². The number of aliphatic imine (C=N–C) groups is 1. The summed E-state index contributed by atoms with van der Waals surface area (Å²) in [5, 5.41) is 0. The minimum atomic E-state index is 0.740. The van der Waals surface area contributed by atoms with Gasteiger partial charge in [0.05, 0.1) is 29.4 Å². The van der Waals surface area contributed by atoms with Crippen LogP contribution in [0.4, 0.5) is 0 Å². The molecule has 2 nitrogen and oxygen atoms in total. The molecule has 0 aliphatic carbocycles. The molecule has 0 unspecified atom stereocenters. The van der Waals surface area contributed by atoms with Gasteiger partial charge in [-0.2, -0.15) is 0 Å². The number of nitrogens with one attached hydrogen (secondary N) is 1. The Hall–Kier alpha value is -0.320. The maximum Gasteiger partial charge on any atom is 0.0587 e. The van der Waals surface area contributed by atoms with E-state index in [1.807, 2.05) is 24.6 Å². The molecule has 0 saturated heterocycles. The van der Waals surface area contributed by atoms with E-state index in [4.69, 9.17) is 0 Å². The molecular weight excluding hydrogens is 251 g/mol. The molecule has 62 valence electrons. The third kappa shape index (κ3) is 9.68. The lowest BCUT2D eigenvalue weighted by Gasteiger charge is -1.81. The lowest BCUT2D eigenvalue weighted by atomic mass is 10.4. The third-order valence-corrected chi connectivity index (χ3v) is 1.31. The van der Waals surface area contributed by atoms with E-state index in [0.717, 1.165) is 13.0 Å². The van der Waals surface area contributed by atoms with Gasteiger partial charge >= 0.3 is 0 Å². The van der Waals surface area contributed by atoms with Crippen molar-refractivity contribution in [1.29, 1.82) is 0 Å². The van der Waals surface area contributed by atoms with E-state index in [1.54, 1.807) is 0 Å². The van der Waals surface area contributed by atoms with E-state index in [9.17, 15) is 0 Å². The molecule has 0 atom stereocenters. The summed E-state index contributed by atoms with van der Waals surface area (Å²) in [5.74, 6) is 0. The van der Waals surface area contributed by atoms with Gasteiger partial charge in [-0.25, -0.2) is 0 Å². The van der Waals surface area contributed by atoms with Crippen LogP contribution in [0.1, 0.15) is 13.3 Å². The number of hydrogen-bond acceptors (Lipinski definition) is 2. The Morgan fingerprint density at radius 1 is 1.45 bits per heavy atom. The van der Waals surface area contributed by atoms with Gasteiger partial charge in [0.15, 0.2) is 0 Å². The second kappa shape index (κ2) is 9.68. The number of rotatable bonds is 5. The van der Waals surface area contributed by atoms with Gasteiger partial charge < -0.3 is 3.53 Å². The first-order chi connectivity index (χ1) is 5.41. The molecule has 0 saturated carbocycles. The lowest BCUT2D eigenvalue weighted by molar-refractivity contribution is 1.22. The molecule has 0 fully saturated rings. The molecule has 1 N–H and O–H groups in total. The zero-order chi connectivity index (χ0) is 8.36. The predicted molar refractivity (Wildman–Crippen MR) is 59.1 cm³/mol. The predicted octanol–water partition coefficient (Wildman–Crippen LogP) is 2.48. The smallest absolute Gasteiger partial charge is 0.0587 e. The van der Waals surface area contributed by atoms with Crippen molar-refractivity contribution >= 4 is 29.1 Å². The Morgan fingerprint density at radius 2 is 2.27 bits per heavy atom. The summed E-state index contributed by atoms with van der Waals surface area (Å²) in [6, 6.07) is 0. The van der Waals surface area contributed by atoms with Crippen LogP contribution < -0.4 is 3.53 Å². The minimum Gasteiger partial charge on any atom is -0.335 e. The SMILES string of the molecule is CC/C=C\C=NC/C=C\NI. The highest BCUT2D eigenvalue weighted by Gasteiger charge is 1.68. The fourth-order valence-electron chi connectivity index (χ4n) is 0.477. The van der Waals surface area contributed by atoms with Gasteiger partial charge in [-0.05, 0) is 18.6 Å². The molecule has 3 heteroatoms. The minimum absolute atomic E-state index is 0.740. The summed E-state index contributed by atoms with van der Waals surface area (Å²) in [6.07, 6.45) is 10.7. The molecule has 0 spiro atoms. The largest absolute Gasteiger partial charge is 0.335 e. The van der Waals surface area contributed by atoms with Crippen LogP contribution in [0.2, 0.25) is 0 Å². The number of halogens is 1. The monoisotopic (exact) mass is 264 g/mol. The summed E-state index contributed by atoms with van der Waals surface area (Å²) < 4.78 is 2.87. The molecule has 0 aromatic carbocycles. The maximum absolute atomic E-state index is 4.10. The van der Waals surface area contributed by atoms with Gasteiger partial charge in [-0.15, -0.1) is 0 Å². The summed E-state index contributed by atoms with van der Waals surface area (Å²) in [6.45, 7) is 2.84. The van der Waals surface area contributed by atoms with Crippen LogP contribution in [0.3, 0.4) is 0 Å². The molecule has 0 aliphatic heterocycles. The van der Waals surface area contributed by atoms with Gasteiger partial charge in [-0.1, -0.05) is 13.0 Å². The summed E-state index contributed by atoms with van der Waals surface area (Å²) >= 11 is 2.06. The Morgan fingerprint density at radius 3 is 2.91 bits per heavy atom. The van der Waals surface area contributed by atoms with Crippen molar-refractivity contribution in [2.45, 2.75) is 13.3 Å². The lowest BCUT2D eigenvalue weighted by Crippen LogP contribution is -1.81. The Bertz CT molecular complexity index is 150. The number of nitrogens with zero attached hydrogens (tertiary/aromatic N) is 1. The molecule has 0 aromatic heterocycles. The Labute approximate surface area is 82.0 Å². The van der Waals surface area contributed by atoms with E-state index < -0.39 is 0 Å². The molecule has 0 bridgehead atoms. The van der Waals surface area contributed by atoms with Crippen molar-refractivity contribution in [3.05, 3.63) is 24.4 Å². The molecule has 0 aromatic rings. The Kier molecular flexibility index (Phi) is 9.40. The fraction of sp³-hybridized carbons (Fsp3) is 0.375. The normalized spacial score (nSPS) is 12.2. The molecular formula is C8H13IN2. The van der Waals surface area contributed by atoms with Gasteiger partial charge in [0.1, 0.15) is 0 Å². The zero-order valence-electron chi connectivity index (χ0n) is 6.63. The van der Waals surface area contributed by atoms with Crippen molar-refractivity contribution < 1.29 is 0 Å². The average molecular weight is 264 g/mol. The van der Waals surface area contributed by atoms with E-state index >= 15 is 0 Å². The second-order valence-electron chi connectivity index (χ2n) is 1.86. The van der Waals surface area contributed by atoms with Crippen molar-refractivity contribution in [3.8, 4) is 0 Å². The van der Waals surface area contributed by atoms with Crippen molar-refractivity contribution in [2.24, 2.45) is 4.99 Å². The number of hydrogen-bond donors (Lipinski definition) is 1. The molecule has 0 rings (SSSR count). The van der Waals surface area contributed by atoms with Gasteiger partial charge in [0.25, 0.3) is 0 Å². The molecule has 0 heterocycles. The molecule has 11 heavy (non-hydrogen) atoms. The Balaban J connectivity index is 3.29. The van der Waals surface area contributed by atoms with E-state index in [1.165, 1.54) is 0 Å². The zero-order valence-corrected chi connectivity index (χ0v) is 8.78. The first-order valence-electron chi connectivity index (χ1n) is 3.58. The van der Waals surface area contributed by atoms with Crippen LogP contribution in [-0.4, -0.2) is 12.8 Å². The quantitative estimate of drug-likeness (QED) is 0.460. The van der Waals surface area contributed by atoms with Crippen molar-refractivity contribution in [2.75, 3.05) is 6.54 Å². The number of allylic oxidation sites excluding steroid dienone is 2. The first-order valence-corrected chi connectivity index (χ1v) is 4.65. The molecule has 0 aliphatic rings. The average Bonchev–Trinajstić information content (AvgIpc) is 2.03. The van der Waals surface area contributed by atoms with E-state index in [0.29, 0.717) is 0 Å². The van der Waals surface area contributed by atoms with Crippen LogP contribution in [0, 0.1) is 0 Å². The fourth-order valence-corrected chi connectivity index (χ4v) is 0.731. The van der Waals surface area contributed by atoms with Crippen LogP contribution in [-0.2, 0) is 0 Å². The van der Waals surface area contributed by atoms with Crippen LogP contribution in [0.25, 0.3) is 0 Å². The highest BCUT2D eigenvalue weighted by molar-refractivity contribution is 14.1. The van der Waals surface area contributed by atoms with E-state index in [-0.39, 0.29) is 0 Å². The van der Waals surface area contributed by atoms with Crippen LogP contribution >= 0.6 is 22.9 Å². The van der Waals surface area contributed by atoms with E-state index in [2.05, 4.69) is 44.4 Å². The summed E-state index contributed by atoms with van der Waals surface area (Å²) in [5.41, 5.74) is 0. The standard InChI is InChI=1S/C8H13IN2/c1-2-3-4-6-10-7-5-8-11-9/h3-6,8,11H,2,7H2,1H3/b4-3-,8-5-,10-6?. The topological polar surface area (TPSA) is 24.4 Å². The summed E-state index contributed by atoms with van der Waals surface area (Å²) in [7, 11) is 0. The van der Waals surface area contributed by atoms with Gasteiger partial charge in [0.2, 0.25) is 0 Å². The van der Waals surface area contributed by atoms with Crippen LogP contribution in [0.15, 0.2) is 29.4 Å².